The van der Waals surface area contributed by atoms with Crippen LogP contribution < -0.4 is 5.32 Å². The first-order valence-corrected chi connectivity index (χ1v) is 6.59. The monoisotopic (exact) mass is 236 g/mol. The number of aromatic nitrogens is 3. The van der Waals surface area contributed by atoms with E-state index in [-0.39, 0.29) is 6.04 Å². The largest absolute Gasteiger partial charge is 0.304 e. The molecular formula is C13H24N4. The third-order valence-corrected chi connectivity index (χ3v) is 4.00. The molecule has 0 radical (unpaired) electrons. The number of nitrogens with zero attached hydrogens (tertiary/aromatic N) is 2. The van der Waals surface area contributed by atoms with Crippen molar-refractivity contribution in [1.82, 2.24) is 20.5 Å². The molecule has 4 heteroatoms. The van der Waals surface area contributed by atoms with E-state index in [1.807, 2.05) is 0 Å². The van der Waals surface area contributed by atoms with E-state index in [2.05, 4.69) is 48.2 Å². The van der Waals surface area contributed by atoms with Crippen molar-refractivity contribution in [2.24, 2.45) is 11.3 Å². The molecule has 4 nitrogen and oxygen atoms in total. The maximum Gasteiger partial charge on any atom is 0.141 e. The second-order valence-electron chi connectivity index (χ2n) is 6.25. The zero-order valence-corrected chi connectivity index (χ0v) is 11.3. The van der Waals surface area contributed by atoms with Gasteiger partial charge in [0.05, 0.1) is 6.04 Å². The minimum Gasteiger partial charge on any atom is -0.304 e. The molecule has 1 aliphatic rings. The van der Waals surface area contributed by atoms with E-state index in [4.69, 9.17) is 0 Å². The highest BCUT2D eigenvalue weighted by Crippen LogP contribution is 2.38. The fraction of sp³-hybridized carbons (Fsp3) is 0.846. The van der Waals surface area contributed by atoms with Gasteiger partial charge in [-0.05, 0) is 37.5 Å². The Bertz CT molecular complexity index is 344. The van der Waals surface area contributed by atoms with Crippen LogP contribution in [0, 0.1) is 11.3 Å². The SMILES string of the molecule is CC(NC1CCC(C)(C)CC1C)c1ncn[nH]1. The topological polar surface area (TPSA) is 53.6 Å². The molecule has 3 unspecified atom stereocenters. The van der Waals surface area contributed by atoms with Crippen LogP contribution in [-0.2, 0) is 0 Å². The van der Waals surface area contributed by atoms with Gasteiger partial charge in [-0.3, -0.25) is 5.10 Å². The molecule has 0 saturated heterocycles. The second kappa shape index (κ2) is 4.77. The fourth-order valence-corrected chi connectivity index (χ4v) is 3.02. The Morgan fingerprint density at radius 2 is 2.29 bits per heavy atom. The van der Waals surface area contributed by atoms with Crippen LogP contribution in [0.3, 0.4) is 0 Å². The number of hydrogen-bond acceptors (Lipinski definition) is 3. The molecule has 0 spiro atoms. The standard InChI is InChI=1S/C13H24N4/c1-9-7-13(3,4)6-5-11(9)16-10(2)12-14-8-15-17-12/h8-11,16H,5-7H2,1-4H3,(H,14,15,17). The Labute approximate surface area is 104 Å². The third-order valence-electron chi connectivity index (χ3n) is 4.00. The lowest BCUT2D eigenvalue weighted by Gasteiger charge is -2.40. The van der Waals surface area contributed by atoms with E-state index in [9.17, 15) is 0 Å². The highest BCUT2D eigenvalue weighted by atomic mass is 15.2. The minimum absolute atomic E-state index is 0.256. The molecule has 0 amide bonds. The fourth-order valence-electron chi connectivity index (χ4n) is 3.02. The van der Waals surface area contributed by atoms with Crippen molar-refractivity contribution in [3.05, 3.63) is 12.2 Å². The molecule has 1 aromatic heterocycles. The van der Waals surface area contributed by atoms with Crippen LogP contribution in [-0.4, -0.2) is 21.2 Å². The maximum atomic E-state index is 4.21. The predicted molar refractivity (Wildman–Crippen MR) is 68.5 cm³/mol. The first-order chi connectivity index (χ1) is 7.98. The van der Waals surface area contributed by atoms with Crippen molar-refractivity contribution < 1.29 is 0 Å². The van der Waals surface area contributed by atoms with Gasteiger partial charge in [0.1, 0.15) is 12.2 Å². The summed E-state index contributed by atoms with van der Waals surface area (Å²) in [6, 6.07) is 0.856. The second-order valence-corrected chi connectivity index (χ2v) is 6.25. The zero-order chi connectivity index (χ0) is 12.5. The number of H-pyrrole nitrogens is 1. The van der Waals surface area contributed by atoms with Gasteiger partial charge in [-0.25, -0.2) is 4.98 Å². The van der Waals surface area contributed by atoms with Gasteiger partial charge in [-0.1, -0.05) is 20.8 Å². The quantitative estimate of drug-likeness (QED) is 0.848. The molecular weight excluding hydrogens is 212 g/mol. The van der Waals surface area contributed by atoms with Crippen LogP contribution in [0.15, 0.2) is 6.33 Å². The van der Waals surface area contributed by atoms with Gasteiger partial charge >= 0.3 is 0 Å². The Hall–Kier alpha value is -0.900. The van der Waals surface area contributed by atoms with Crippen molar-refractivity contribution in [2.45, 2.75) is 59.0 Å². The lowest BCUT2D eigenvalue weighted by molar-refractivity contribution is 0.142. The van der Waals surface area contributed by atoms with Crippen LogP contribution in [0.25, 0.3) is 0 Å². The molecule has 0 aromatic carbocycles. The molecule has 2 rings (SSSR count). The normalized spacial score (nSPS) is 30.1. The maximum absolute atomic E-state index is 4.21. The Morgan fingerprint density at radius 1 is 1.53 bits per heavy atom. The minimum atomic E-state index is 0.256. The van der Waals surface area contributed by atoms with Gasteiger partial charge in [-0.2, -0.15) is 5.10 Å². The molecule has 96 valence electrons. The van der Waals surface area contributed by atoms with Gasteiger partial charge < -0.3 is 5.32 Å². The van der Waals surface area contributed by atoms with Crippen molar-refractivity contribution in [2.75, 3.05) is 0 Å². The lowest BCUT2D eigenvalue weighted by Crippen LogP contribution is -2.42. The van der Waals surface area contributed by atoms with Gasteiger partial charge in [0, 0.05) is 6.04 Å². The summed E-state index contributed by atoms with van der Waals surface area (Å²) >= 11 is 0. The number of aromatic amines is 1. The van der Waals surface area contributed by atoms with E-state index in [1.54, 1.807) is 6.33 Å². The number of hydrogen-bond donors (Lipinski definition) is 2. The Morgan fingerprint density at radius 3 is 2.88 bits per heavy atom. The van der Waals surface area contributed by atoms with Crippen LogP contribution in [0.2, 0.25) is 0 Å². The molecule has 1 aromatic rings. The molecule has 0 aliphatic heterocycles. The summed E-state index contributed by atoms with van der Waals surface area (Å²) in [5.41, 5.74) is 0.507. The summed E-state index contributed by atoms with van der Waals surface area (Å²) in [6.45, 7) is 9.25. The molecule has 2 N–H and O–H groups in total. The third kappa shape index (κ3) is 3.06. The molecule has 1 fully saturated rings. The van der Waals surface area contributed by atoms with E-state index in [1.165, 1.54) is 19.3 Å². The Kier molecular flexibility index (Phi) is 3.52. The lowest BCUT2D eigenvalue weighted by atomic mass is 9.70. The average Bonchev–Trinajstić information content (AvgIpc) is 2.74. The summed E-state index contributed by atoms with van der Waals surface area (Å²) in [4.78, 5) is 4.21. The van der Waals surface area contributed by atoms with Crippen LogP contribution in [0.5, 0.6) is 0 Å². The molecule has 3 atom stereocenters. The first kappa shape index (κ1) is 12.6. The van der Waals surface area contributed by atoms with Crippen molar-refractivity contribution in [1.29, 1.82) is 0 Å². The average molecular weight is 236 g/mol. The highest BCUT2D eigenvalue weighted by molar-refractivity contribution is 4.93. The van der Waals surface area contributed by atoms with Crippen LogP contribution >= 0.6 is 0 Å². The summed E-state index contributed by atoms with van der Waals surface area (Å²) in [5, 5.41) is 10.5. The van der Waals surface area contributed by atoms with E-state index in [0.717, 1.165) is 11.7 Å². The smallest absolute Gasteiger partial charge is 0.141 e. The predicted octanol–water partition coefficient (Wildman–Crippen LogP) is 2.67. The molecule has 1 aliphatic carbocycles. The van der Waals surface area contributed by atoms with Gasteiger partial charge in [-0.15, -0.1) is 0 Å². The molecule has 17 heavy (non-hydrogen) atoms. The highest BCUT2D eigenvalue weighted by Gasteiger charge is 2.33. The van der Waals surface area contributed by atoms with Crippen LogP contribution in [0.4, 0.5) is 0 Å². The van der Waals surface area contributed by atoms with Crippen molar-refractivity contribution >= 4 is 0 Å². The summed E-state index contributed by atoms with van der Waals surface area (Å²) in [7, 11) is 0. The molecule has 0 bridgehead atoms. The van der Waals surface area contributed by atoms with Crippen molar-refractivity contribution in [3.63, 3.8) is 0 Å². The summed E-state index contributed by atoms with van der Waals surface area (Å²) < 4.78 is 0. The van der Waals surface area contributed by atoms with Gasteiger partial charge in [0.2, 0.25) is 0 Å². The van der Waals surface area contributed by atoms with E-state index in [0.29, 0.717) is 11.5 Å². The summed E-state index contributed by atoms with van der Waals surface area (Å²) in [6.07, 6.45) is 5.43. The van der Waals surface area contributed by atoms with E-state index >= 15 is 0 Å². The molecule has 1 saturated carbocycles. The van der Waals surface area contributed by atoms with Crippen molar-refractivity contribution in [3.8, 4) is 0 Å². The first-order valence-electron chi connectivity index (χ1n) is 6.59. The van der Waals surface area contributed by atoms with Crippen LogP contribution in [0.1, 0.15) is 58.8 Å². The number of nitrogens with one attached hydrogen (secondary N) is 2. The zero-order valence-electron chi connectivity index (χ0n) is 11.3. The summed E-state index contributed by atoms with van der Waals surface area (Å²) in [5.74, 6) is 1.66. The van der Waals surface area contributed by atoms with Gasteiger partial charge in [0.25, 0.3) is 0 Å². The Balaban J connectivity index is 1.92. The molecule has 1 heterocycles. The number of rotatable bonds is 3. The van der Waals surface area contributed by atoms with Gasteiger partial charge in [0.15, 0.2) is 0 Å². The van der Waals surface area contributed by atoms with E-state index < -0.39 is 0 Å².